The smallest absolute Gasteiger partial charge is 0.363 e. The summed E-state index contributed by atoms with van der Waals surface area (Å²) in [5, 5.41) is 0. The zero-order valence-electron chi connectivity index (χ0n) is 9.61. The van der Waals surface area contributed by atoms with E-state index in [1.807, 2.05) is 18.2 Å². The van der Waals surface area contributed by atoms with E-state index in [1.165, 1.54) is 5.56 Å². The molecule has 0 bridgehead atoms. The molecule has 1 unspecified atom stereocenters. The quantitative estimate of drug-likeness (QED) is 0.389. The molecule has 0 aliphatic rings. The monoisotopic (exact) mass is 216 g/mol. The van der Waals surface area contributed by atoms with Gasteiger partial charge in [0, 0.05) is 0 Å². The Hall–Kier alpha value is 0.127. The van der Waals surface area contributed by atoms with Crippen LogP contribution in [-0.2, 0) is 11.3 Å². The van der Waals surface area contributed by atoms with Crippen LogP contribution in [0.3, 0.4) is 0 Å². The van der Waals surface area contributed by atoms with Crippen molar-refractivity contribution in [3.8, 4) is 0 Å². The van der Waals surface area contributed by atoms with Gasteiger partial charge in [-0.2, -0.15) is 6.42 Å². The third kappa shape index (κ3) is 6.32. The zero-order chi connectivity index (χ0) is 10.2. The fourth-order valence-corrected chi connectivity index (χ4v) is 1.81. The Morgan fingerprint density at radius 3 is 2.53 bits per heavy atom. The molecule has 0 aliphatic heterocycles. The van der Waals surface area contributed by atoms with Crippen molar-refractivity contribution >= 4 is 11.8 Å². The fourth-order valence-electron chi connectivity index (χ4n) is 1.20. The van der Waals surface area contributed by atoms with Crippen molar-refractivity contribution < 1.29 is 23.6 Å². The van der Waals surface area contributed by atoms with Gasteiger partial charge in [-0.3, -0.25) is 0 Å². The Morgan fingerprint density at radius 2 is 2.00 bits per heavy atom. The molecule has 15 heavy (non-hydrogen) atoms. The molecule has 0 heterocycles. The minimum Gasteiger partial charge on any atom is -0.363 e. The average molecular weight is 216 g/mol. The Balaban J connectivity index is 0.00000196. The van der Waals surface area contributed by atoms with E-state index in [4.69, 9.17) is 4.74 Å². The summed E-state index contributed by atoms with van der Waals surface area (Å²) < 4.78 is 5.74. The van der Waals surface area contributed by atoms with Crippen LogP contribution in [0.4, 0.5) is 0 Å². The molecule has 0 saturated heterocycles. The molecule has 0 N–H and O–H groups in total. The topological polar surface area (TPSA) is 9.23 Å². The van der Waals surface area contributed by atoms with Gasteiger partial charge in [-0.05, 0) is 18.2 Å². The second kappa shape index (κ2) is 9.36. The average Bonchev–Trinajstić information content (AvgIpc) is 2.25. The van der Waals surface area contributed by atoms with E-state index >= 15 is 0 Å². The van der Waals surface area contributed by atoms with E-state index < -0.39 is 0 Å². The standard InChI is InChI=1S/C12H17OS.Li/c1-3-7-12(14-2)13-10-11-8-5-4-6-9-11;/h4-6,8-9,12H,1,3,7,10H2,2H3;/q-1;+1. The normalized spacial score (nSPS) is 11.9. The van der Waals surface area contributed by atoms with Crippen LogP contribution in [0.2, 0.25) is 0 Å². The van der Waals surface area contributed by atoms with E-state index in [0.29, 0.717) is 6.61 Å². The van der Waals surface area contributed by atoms with Gasteiger partial charge in [0.25, 0.3) is 0 Å². The molecular weight excluding hydrogens is 199 g/mol. The van der Waals surface area contributed by atoms with E-state index in [1.54, 1.807) is 11.8 Å². The SMILES string of the molecule is [CH2-]CCC(OCc1ccccc1)SC.[Li+]. The van der Waals surface area contributed by atoms with Gasteiger partial charge in [-0.1, -0.05) is 30.3 Å². The van der Waals surface area contributed by atoms with E-state index in [0.717, 1.165) is 12.8 Å². The molecule has 0 fully saturated rings. The molecule has 0 saturated carbocycles. The maximum absolute atomic E-state index is 5.74. The summed E-state index contributed by atoms with van der Waals surface area (Å²) in [4.78, 5) is 0. The molecule has 1 aromatic carbocycles. The van der Waals surface area contributed by atoms with Gasteiger partial charge >= 0.3 is 18.9 Å². The largest absolute Gasteiger partial charge is 1.00 e. The first-order valence-corrected chi connectivity index (χ1v) is 6.13. The molecule has 0 aliphatic carbocycles. The van der Waals surface area contributed by atoms with E-state index in [2.05, 4.69) is 25.3 Å². The predicted molar refractivity (Wildman–Crippen MR) is 63.1 cm³/mol. The second-order valence-corrected chi connectivity index (χ2v) is 4.10. The van der Waals surface area contributed by atoms with Crippen LogP contribution in [0, 0.1) is 6.92 Å². The number of ether oxygens (including phenoxy) is 1. The maximum Gasteiger partial charge on any atom is 1.00 e. The van der Waals surface area contributed by atoms with Crippen LogP contribution in [0.5, 0.6) is 0 Å². The summed E-state index contributed by atoms with van der Waals surface area (Å²) in [6.07, 6.45) is 4.03. The van der Waals surface area contributed by atoms with Gasteiger partial charge < -0.3 is 11.7 Å². The summed E-state index contributed by atoms with van der Waals surface area (Å²) in [5.41, 5.74) is 1.52. The molecule has 1 atom stereocenters. The molecular formula is C12H17LiOS. The first-order chi connectivity index (χ1) is 6.86. The zero-order valence-corrected chi connectivity index (χ0v) is 10.4. The predicted octanol–water partition coefficient (Wildman–Crippen LogP) is 0.511. The van der Waals surface area contributed by atoms with E-state index in [9.17, 15) is 0 Å². The van der Waals surface area contributed by atoms with Crippen molar-refractivity contribution in [1.82, 2.24) is 0 Å². The third-order valence-corrected chi connectivity index (χ3v) is 2.88. The van der Waals surface area contributed by atoms with Crippen molar-refractivity contribution in [2.45, 2.75) is 24.9 Å². The minimum atomic E-state index is 0. The van der Waals surface area contributed by atoms with Crippen molar-refractivity contribution in [1.29, 1.82) is 0 Å². The molecule has 1 rings (SSSR count). The maximum atomic E-state index is 5.74. The number of rotatable bonds is 6. The Labute approximate surface area is 109 Å². The number of hydrogen-bond donors (Lipinski definition) is 0. The van der Waals surface area contributed by atoms with Crippen LogP contribution in [-0.4, -0.2) is 11.7 Å². The van der Waals surface area contributed by atoms with Gasteiger partial charge in [0.2, 0.25) is 0 Å². The van der Waals surface area contributed by atoms with Crippen molar-refractivity contribution in [2.24, 2.45) is 0 Å². The Morgan fingerprint density at radius 1 is 1.33 bits per heavy atom. The van der Waals surface area contributed by atoms with Crippen LogP contribution < -0.4 is 18.9 Å². The molecule has 0 aromatic heterocycles. The summed E-state index contributed by atoms with van der Waals surface area (Å²) in [6.45, 7) is 4.54. The van der Waals surface area contributed by atoms with Gasteiger partial charge in [0.05, 0.1) is 6.61 Å². The van der Waals surface area contributed by atoms with Gasteiger partial charge in [0.15, 0.2) is 0 Å². The summed E-state index contributed by atoms with van der Waals surface area (Å²) in [6, 6.07) is 10.3. The first-order valence-electron chi connectivity index (χ1n) is 4.84. The Bertz CT molecular complexity index is 241. The van der Waals surface area contributed by atoms with Crippen LogP contribution in [0.25, 0.3) is 0 Å². The molecule has 1 nitrogen and oxygen atoms in total. The third-order valence-electron chi connectivity index (χ3n) is 1.98. The molecule has 3 heteroatoms. The van der Waals surface area contributed by atoms with Crippen LogP contribution >= 0.6 is 11.8 Å². The van der Waals surface area contributed by atoms with Gasteiger partial charge in [-0.25, -0.2) is 0 Å². The molecule has 1 aromatic rings. The van der Waals surface area contributed by atoms with Gasteiger partial charge in [-0.15, -0.1) is 11.8 Å². The molecule has 0 radical (unpaired) electrons. The second-order valence-electron chi connectivity index (χ2n) is 3.10. The Kier molecular flexibility index (Phi) is 9.44. The summed E-state index contributed by atoms with van der Waals surface area (Å²) in [5.74, 6) is 0. The van der Waals surface area contributed by atoms with Crippen LogP contribution in [0.1, 0.15) is 18.4 Å². The molecule has 0 amide bonds. The molecule has 78 valence electrons. The number of hydrogen-bond acceptors (Lipinski definition) is 2. The van der Waals surface area contributed by atoms with Gasteiger partial charge in [0.1, 0.15) is 5.44 Å². The van der Waals surface area contributed by atoms with Crippen molar-refractivity contribution in [3.05, 3.63) is 42.8 Å². The number of benzene rings is 1. The minimum absolute atomic E-state index is 0. The van der Waals surface area contributed by atoms with E-state index in [-0.39, 0.29) is 24.3 Å². The number of thioether (sulfide) groups is 1. The molecule has 0 spiro atoms. The fraction of sp³-hybridized carbons (Fsp3) is 0.417. The first kappa shape index (κ1) is 15.1. The summed E-state index contributed by atoms with van der Waals surface area (Å²) >= 11 is 1.75. The summed E-state index contributed by atoms with van der Waals surface area (Å²) in [7, 11) is 0. The van der Waals surface area contributed by atoms with Crippen molar-refractivity contribution in [2.75, 3.05) is 6.26 Å². The van der Waals surface area contributed by atoms with Crippen LogP contribution in [0.15, 0.2) is 30.3 Å². The van der Waals surface area contributed by atoms with Crippen molar-refractivity contribution in [3.63, 3.8) is 0 Å².